The normalized spacial score (nSPS) is 11.1. The fourth-order valence-electron chi connectivity index (χ4n) is 1.30. The highest BCUT2D eigenvalue weighted by atomic mass is 127. The van der Waals surface area contributed by atoms with Gasteiger partial charge in [0.25, 0.3) is 0 Å². The van der Waals surface area contributed by atoms with Gasteiger partial charge in [0.05, 0.1) is 6.54 Å². The molecule has 0 aliphatic carbocycles. The zero-order chi connectivity index (χ0) is 11.3. The molecular weight excluding hydrogens is 313 g/mol. The van der Waals surface area contributed by atoms with E-state index in [4.69, 9.17) is 5.73 Å². The molecule has 0 atom stereocenters. The summed E-state index contributed by atoms with van der Waals surface area (Å²) in [6, 6.07) is 8.52. The number of halogens is 1. The summed E-state index contributed by atoms with van der Waals surface area (Å²) in [5, 5.41) is 3.06. The lowest BCUT2D eigenvalue weighted by molar-refractivity contribution is 0.723. The molecule has 90 valence electrons. The zero-order valence-electron chi connectivity index (χ0n) is 10.0. The Balaban J connectivity index is 0.00000225. The van der Waals surface area contributed by atoms with Gasteiger partial charge in [0.1, 0.15) is 0 Å². The van der Waals surface area contributed by atoms with E-state index in [0.717, 1.165) is 0 Å². The quantitative estimate of drug-likeness (QED) is 0.507. The third-order valence-corrected chi connectivity index (χ3v) is 2.12. The molecule has 0 spiro atoms. The van der Waals surface area contributed by atoms with Crippen molar-refractivity contribution in [1.29, 1.82) is 0 Å². The van der Waals surface area contributed by atoms with Crippen LogP contribution in [-0.2, 0) is 6.54 Å². The summed E-state index contributed by atoms with van der Waals surface area (Å²) < 4.78 is 0. The number of nitrogens with two attached hydrogens (primary N) is 1. The van der Waals surface area contributed by atoms with Gasteiger partial charge < -0.3 is 11.1 Å². The third kappa shape index (κ3) is 5.34. The lowest BCUT2D eigenvalue weighted by Crippen LogP contribution is -2.36. The molecule has 0 aromatic heterocycles. The van der Waals surface area contributed by atoms with Crippen molar-refractivity contribution >= 4 is 29.9 Å². The molecule has 1 aromatic rings. The fourth-order valence-corrected chi connectivity index (χ4v) is 1.30. The van der Waals surface area contributed by atoms with Crippen molar-refractivity contribution in [1.82, 2.24) is 5.32 Å². The van der Waals surface area contributed by atoms with E-state index in [1.165, 1.54) is 11.1 Å². The first-order chi connectivity index (χ1) is 7.09. The molecule has 3 N–H and O–H groups in total. The van der Waals surface area contributed by atoms with Gasteiger partial charge in [0.15, 0.2) is 5.96 Å². The Morgan fingerprint density at radius 1 is 1.38 bits per heavy atom. The van der Waals surface area contributed by atoms with E-state index < -0.39 is 0 Å². The summed E-state index contributed by atoms with van der Waals surface area (Å²) in [4.78, 5) is 4.28. The standard InChI is InChI=1S/C12H19N3.HI/c1-9(2)15-12(13)14-8-11-7-5-4-6-10(11)3;/h4-7,9H,8H2,1-3H3,(H3,13,14,15);1H. The van der Waals surface area contributed by atoms with E-state index in [1.54, 1.807) is 0 Å². The largest absolute Gasteiger partial charge is 0.370 e. The van der Waals surface area contributed by atoms with Crippen molar-refractivity contribution < 1.29 is 0 Å². The van der Waals surface area contributed by atoms with E-state index in [1.807, 2.05) is 26.0 Å². The highest BCUT2D eigenvalue weighted by Gasteiger charge is 1.97. The molecule has 0 heterocycles. The number of nitrogens with one attached hydrogen (secondary N) is 1. The minimum absolute atomic E-state index is 0. The van der Waals surface area contributed by atoms with Crippen LogP contribution in [0.15, 0.2) is 29.3 Å². The fraction of sp³-hybridized carbons (Fsp3) is 0.417. The second-order valence-corrected chi connectivity index (χ2v) is 3.93. The summed E-state index contributed by atoms with van der Waals surface area (Å²) in [5.41, 5.74) is 8.17. The lowest BCUT2D eigenvalue weighted by Gasteiger charge is -2.09. The molecule has 1 rings (SSSR count). The van der Waals surface area contributed by atoms with Crippen LogP contribution in [-0.4, -0.2) is 12.0 Å². The summed E-state index contributed by atoms with van der Waals surface area (Å²) in [5.74, 6) is 0.508. The van der Waals surface area contributed by atoms with Crippen LogP contribution in [0.2, 0.25) is 0 Å². The smallest absolute Gasteiger partial charge is 0.189 e. The Bertz CT molecular complexity index is 348. The minimum atomic E-state index is 0. The number of hydrogen-bond acceptors (Lipinski definition) is 1. The van der Waals surface area contributed by atoms with Crippen LogP contribution in [0.25, 0.3) is 0 Å². The number of aliphatic imine (C=N–C) groups is 1. The molecular formula is C12H20IN3. The summed E-state index contributed by atoms with van der Waals surface area (Å²) >= 11 is 0. The predicted octanol–water partition coefficient (Wildman–Crippen LogP) is 2.43. The van der Waals surface area contributed by atoms with E-state index in [2.05, 4.69) is 29.4 Å². The van der Waals surface area contributed by atoms with Crippen LogP contribution in [0.5, 0.6) is 0 Å². The maximum Gasteiger partial charge on any atom is 0.189 e. The topological polar surface area (TPSA) is 50.4 Å². The number of hydrogen-bond donors (Lipinski definition) is 2. The second-order valence-electron chi connectivity index (χ2n) is 3.93. The first-order valence-corrected chi connectivity index (χ1v) is 5.20. The summed E-state index contributed by atoms with van der Waals surface area (Å²) in [6.45, 7) is 6.79. The molecule has 0 bridgehead atoms. The van der Waals surface area contributed by atoms with Gasteiger partial charge in [-0.3, -0.25) is 0 Å². The van der Waals surface area contributed by atoms with Crippen molar-refractivity contribution in [3.63, 3.8) is 0 Å². The maximum absolute atomic E-state index is 5.71. The van der Waals surface area contributed by atoms with Crippen LogP contribution in [0.1, 0.15) is 25.0 Å². The predicted molar refractivity (Wildman–Crippen MR) is 80.2 cm³/mol. The molecule has 0 saturated carbocycles. The average Bonchev–Trinajstić information content (AvgIpc) is 2.15. The number of guanidine groups is 1. The van der Waals surface area contributed by atoms with Crippen molar-refractivity contribution in [3.8, 4) is 0 Å². The zero-order valence-corrected chi connectivity index (χ0v) is 12.4. The van der Waals surface area contributed by atoms with Crippen LogP contribution in [0, 0.1) is 6.92 Å². The van der Waals surface area contributed by atoms with Crippen molar-refractivity contribution in [2.75, 3.05) is 0 Å². The molecule has 0 unspecified atom stereocenters. The summed E-state index contributed by atoms with van der Waals surface area (Å²) in [7, 11) is 0. The monoisotopic (exact) mass is 333 g/mol. The Hall–Kier alpha value is -0.780. The molecule has 0 aliphatic heterocycles. The molecule has 1 aromatic carbocycles. The molecule has 0 aliphatic rings. The second kappa shape index (κ2) is 7.49. The van der Waals surface area contributed by atoms with Crippen LogP contribution in [0.3, 0.4) is 0 Å². The van der Waals surface area contributed by atoms with Gasteiger partial charge in [-0.15, -0.1) is 24.0 Å². The van der Waals surface area contributed by atoms with Crippen LogP contribution < -0.4 is 11.1 Å². The molecule has 16 heavy (non-hydrogen) atoms. The van der Waals surface area contributed by atoms with E-state index in [-0.39, 0.29) is 24.0 Å². The summed E-state index contributed by atoms with van der Waals surface area (Å²) in [6.07, 6.45) is 0. The van der Waals surface area contributed by atoms with E-state index in [0.29, 0.717) is 18.5 Å². The van der Waals surface area contributed by atoms with E-state index in [9.17, 15) is 0 Å². The molecule has 0 amide bonds. The first-order valence-electron chi connectivity index (χ1n) is 5.20. The average molecular weight is 333 g/mol. The van der Waals surface area contributed by atoms with Gasteiger partial charge in [-0.1, -0.05) is 24.3 Å². The number of benzene rings is 1. The molecule has 0 fully saturated rings. The van der Waals surface area contributed by atoms with Gasteiger partial charge in [0, 0.05) is 6.04 Å². The lowest BCUT2D eigenvalue weighted by atomic mass is 10.1. The number of rotatable bonds is 3. The number of aryl methyl sites for hydroxylation is 1. The Morgan fingerprint density at radius 2 is 2.00 bits per heavy atom. The Morgan fingerprint density at radius 3 is 2.56 bits per heavy atom. The molecule has 4 heteroatoms. The van der Waals surface area contributed by atoms with Gasteiger partial charge in [-0.25, -0.2) is 4.99 Å². The molecule has 3 nitrogen and oxygen atoms in total. The van der Waals surface area contributed by atoms with Crippen molar-refractivity contribution in [2.24, 2.45) is 10.7 Å². The van der Waals surface area contributed by atoms with Crippen LogP contribution in [0.4, 0.5) is 0 Å². The van der Waals surface area contributed by atoms with Gasteiger partial charge in [-0.2, -0.15) is 0 Å². The maximum atomic E-state index is 5.71. The van der Waals surface area contributed by atoms with Crippen LogP contribution >= 0.6 is 24.0 Å². The van der Waals surface area contributed by atoms with Gasteiger partial charge in [-0.05, 0) is 31.9 Å². The Kier molecular flexibility index (Phi) is 7.12. The highest BCUT2D eigenvalue weighted by Crippen LogP contribution is 2.07. The third-order valence-electron chi connectivity index (χ3n) is 2.12. The van der Waals surface area contributed by atoms with Crippen molar-refractivity contribution in [2.45, 2.75) is 33.4 Å². The van der Waals surface area contributed by atoms with E-state index >= 15 is 0 Å². The molecule has 0 saturated heterocycles. The first kappa shape index (κ1) is 15.2. The SMILES string of the molecule is Cc1ccccc1CN=C(N)NC(C)C.I. The minimum Gasteiger partial charge on any atom is -0.370 e. The van der Waals surface area contributed by atoms with Crippen molar-refractivity contribution in [3.05, 3.63) is 35.4 Å². The highest BCUT2D eigenvalue weighted by molar-refractivity contribution is 14.0. The van der Waals surface area contributed by atoms with Gasteiger partial charge in [0.2, 0.25) is 0 Å². The van der Waals surface area contributed by atoms with Gasteiger partial charge >= 0.3 is 0 Å². The Labute approximate surface area is 115 Å². The number of nitrogens with zero attached hydrogens (tertiary/aromatic N) is 1. The molecule has 0 radical (unpaired) electrons.